The lowest BCUT2D eigenvalue weighted by molar-refractivity contribution is -0.727. The molecule has 0 bridgehead atoms. The molecule has 0 radical (unpaired) electrons. The van der Waals surface area contributed by atoms with Gasteiger partial charge in [-0.25, -0.2) is 23.1 Å². The van der Waals surface area contributed by atoms with Crippen LogP contribution < -0.4 is 9.88 Å². The first kappa shape index (κ1) is 33.8. The number of rotatable bonds is 11. The maximum Gasteiger partial charge on any atom is 0.414 e. The highest BCUT2D eigenvalue weighted by Crippen LogP contribution is 2.41. The van der Waals surface area contributed by atoms with Gasteiger partial charge in [0.2, 0.25) is 13.1 Å². The van der Waals surface area contributed by atoms with Crippen LogP contribution >= 0.6 is 11.3 Å². The van der Waals surface area contributed by atoms with Gasteiger partial charge in [0.1, 0.15) is 30.4 Å². The van der Waals surface area contributed by atoms with Crippen molar-refractivity contribution in [3.63, 3.8) is 0 Å². The molecular formula is C34H31F2N6O5S+. The van der Waals surface area contributed by atoms with Gasteiger partial charge in [0.15, 0.2) is 0 Å². The number of nitriles is 1. The Labute approximate surface area is 278 Å². The van der Waals surface area contributed by atoms with Crippen molar-refractivity contribution in [2.75, 3.05) is 5.32 Å². The molecule has 0 unspecified atom stereocenters. The molecule has 2 N–H and O–H groups in total. The third-order valence-corrected chi connectivity index (χ3v) is 8.79. The van der Waals surface area contributed by atoms with Gasteiger partial charge in [0, 0.05) is 40.0 Å². The maximum atomic E-state index is 15.2. The number of thiazole rings is 1. The second-order valence-electron chi connectivity index (χ2n) is 11.1. The van der Waals surface area contributed by atoms with Crippen molar-refractivity contribution in [3.8, 4) is 17.3 Å². The van der Waals surface area contributed by atoms with Gasteiger partial charge in [-0.2, -0.15) is 5.26 Å². The highest BCUT2D eigenvalue weighted by molar-refractivity contribution is 7.10. The van der Waals surface area contributed by atoms with Gasteiger partial charge < -0.3 is 14.6 Å². The van der Waals surface area contributed by atoms with Crippen molar-refractivity contribution in [1.82, 2.24) is 14.8 Å². The summed E-state index contributed by atoms with van der Waals surface area (Å²) in [5.74, 6) is -2.82. The molecule has 0 saturated heterocycles. The number of aliphatic hydroxyl groups is 1. The van der Waals surface area contributed by atoms with Gasteiger partial charge in [-0.05, 0) is 48.9 Å². The highest BCUT2D eigenvalue weighted by Gasteiger charge is 2.43. The van der Waals surface area contributed by atoms with Gasteiger partial charge >= 0.3 is 12.1 Å². The van der Waals surface area contributed by atoms with Crippen LogP contribution in [-0.2, 0) is 39.8 Å². The smallest absolute Gasteiger partial charge is 0.414 e. The summed E-state index contributed by atoms with van der Waals surface area (Å²) in [6.45, 7) is 4.19. The summed E-state index contributed by atoms with van der Waals surface area (Å²) >= 11 is 1.25. The molecule has 2 aromatic heterocycles. The zero-order valence-electron chi connectivity index (χ0n) is 26.2. The fourth-order valence-corrected chi connectivity index (χ4v) is 6.02. The van der Waals surface area contributed by atoms with Crippen molar-refractivity contribution in [1.29, 1.82) is 5.26 Å². The average Bonchev–Trinajstić information content (AvgIpc) is 3.74. The van der Waals surface area contributed by atoms with Crippen molar-refractivity contribution < 1.29 is 37.5 Å². The van der Waals surface area contributed by atoms with Crippen LogP contribution in [0.3, 0.4) is 0 Å². The van der Waals surface area contributed by atoms with E-state index in [1.807, 2.05) is 13.0 Å². The lowest BCUT2D eigenvalue weighted by Crippen LogP contribution is -2.39. The fourth-order valence-electron chi connectivity index (χ4n) is 5.05. The molecule has 3 aromatic carbocycles. The van der Waals surface area contributed by atoms with Crippen LogP contribution in [0.1, 0.15) is 47.0 Å². The maximum absolute atomic E-state index is 15.2. The molecule has 11 nitrogen and oxygen atoms in total. The number of aryl methyl sites for hydroxylation is 1. The van der Waals surface area contributed by atoms with Crippen LogP contribution in [0.25, 0.3) is 11.3 Å². The van der Waals surface area contributed by atoms with Crippen molar-refractivity contribution in [2.45, 2.75) is 52.2 Å². The third-order valence-electron chi connectivity index (χ3n) is 7.76. The third kappa shape index (κ3) is 7.71. The second kappa shape index (κ2) is 14.5. The Kier molecular flexibility index (Phi) is 10.2. The quantitative estimate of drug-likeness (QED) is 0.134. The molecule has 0 fully saturated rings. The molecule has 246 valence electrons. The Morgan fingerprint density at radius 1 is 1.17 bits per heavy atom. The van der Waals surface area contributed by atoms with Gasteiger partial charge in [0.25, 0.3) is 6.33 Å². The molecule has 1 amide bonds. The highest BCUT2D eigenvalue weighted by atomic mass is 32.1. The Morgan fingerprint density at radius 2 is 1.94 bits per heavy atom. The van der Waals surface area contributed by atoms with E-state index in [9.17, 15) is 19.1 Å². The molecule has 0 aliphatic rings. The number of nitrogens with zero attached hydrogens (tertiary/aromatic N) is 5. The minimum Gasteiger partial charge on any atom is -0.461 e. The van der Waals surface area contributed by atoms with E-state index in [0.717, 1.165) is 29.3 Å². The van der Waals surface area contributed by atoms with Gasteiger partial charge in [-0.1, -0.05) is 31.2 Å². The fraction of sp³-hybridized carbons (Fsp3) is 0.235. The van der Waals surface area contributed by atoms with Crippen LogP contribution in [0.15, 0.2) is 78.7 Å². The number of halogens is 2. The van der Waals surface area contributed by atoms with Crippen molar-refractivity contribution in [3.05, 3.63) is 118 Å². The van der Waals surface area contributed by atoms with Crippen LogP contribution in [-0.4, -0.2) is 31.9 Å². The number of ether oxygens (including phenoxy) is 2. The summed E-state index contributed by atoms with van der Waals surface area (Å²) in [5, 5.41) is 30.4. The van der Waals surface area contributed by atoms with Crippen molar-refractivity contribution in [2.24, 2.45) is 0 Å². The molecule has 14 heteroatoms. The number of carbonyl (C=O) groups is 2. The van der Waals surface area contributed by atoms with Crippen LogP contribution in [0.2, 0.25) is 0 Å². The summed E-state index contributed by atoms with van der Waals surface area (Å²) < 4.78 is 42.8. The number of amides is 1. The number of aromatic nitrogens is 4. The van der Waals surface area contributed by atoms with Gasteiger partial charge in [-0.3, -0.25) is 10.1 Å². The van der Waals surface area contributed by atoms with E-state index in [2.05, 4.69) is 21.5 Å². The van der Waals surface area contributed by atoms with Gasteiger partial charge in [0.05, 0.1) is 28.0 Å². The molecular weight excluding hydrogens is 642 g/mol. The Bertz CT molecular complexity index is 1990. The molecule has 2 heterocycles. The number of hydrogen-bond acceptors (Lipinski definition) is 9. The first-order chi connectivity index (χ1) is 23.0. The van der Waals surface area contributed by atoms with Crippen molar-refractivity contribution >= 4 is 29.1 Å². The SMILES string of the molecule is CC(=O)OCc1c(C)cccc1NC(=O)OC[n+]1cnn(C[C@](O)(c2cc(F)ccc2F)[C@@H](C)c2nc(-c3ccc(C#N)cc3)cs2)c1. The number of anilines is 1. The van der Waals surface area contributed by atoms with E-state index in [1.54, 1.807) is 48.7 Å². The van der Waals surface area contributed by atoms with Crippen LogP contribution in [0, 0.1) is 29.9 Å². The summed E-state index contributed by atoms with van der Waals surface area (Å²) in [5.41, 5.74) is 1.41. The molecule has 2 atom stereocenters. The van der Waals surface area contributed by atoms with E-state index in [-0.39, 0.29) is 25.4 Å². The number of esters is 1. The predicted molar refractivity (Wildman–Crippen MR) is 170 cm³/mol. The Morgan fingerprint density at radius 3 is 2.67 bits per heavy atom. The summed E-state index contributed by atoms with van der Waals surface area (Å²) in [4.78, 5) is 28.6. The summed E-state index contributed by atoms with van der Waals surface area (Å²) in [6.07, 6.45) is 2.02. The number of nitrogens with one attached hydrogen (secondary N) is 1. The number of carbonyl (C=O) groups excluding carboxylic acids is 2. The summed E-state index contributed by atoms with van der Waals surface area (Å²) in [7, 11) is 0. The Hall–Kier alpha value is -5.52. The normalized spacial score (nSPS) is 12.9. The first-order valence-corrected chi connectivity index (χ1v) is 15.6. The van der Waals surface area contributed by atoms with E-state index in [1.165, 1.54) is 40.2 Å². The molecule has 5 aromatic rings. The average molecular weight is 674 g/mol. The van der Waals surface area contributed by atoms with Gasteiger partial charge in [-0.15, -0.1) is 16.0 Å². The minimum atomic E-state index is -2.02. The molecule has 0 aliphatic heterocycles. The first-order valence-electron chi connectivity index (χ1n) is 14.7. The zero-order chi connectivity index (χ0) is 34.4. The minimum absolute atomic E-state index is 0.0237. The predicted octanol–water partition coefficient (Wildman–Crippen LogP) is 5.71. The standard InChI is InChI=1S/C34H30F2N6O5S/c1-21-5-4-6-30(27(21)15-46-23(3)43)40-33(44)47-20-41-18-38-42(19-41)17-34(45,28-13-26(35)11-12-29(28)36)22(2)32-39-31(16-48-32)25-9-7-24(14-37)8-10-25/h4-13,16,18-19,22,45H,15,17,20H2,1-3H3/p+1/t22-,34+/m0/s1. The lowest BCUT2D eigenvalue weighted by atomic mass is 9.82. The number of benzene rings is 3. The molecule has 0 saturated carbocycles. The summed E-state index contributed by atoms with van der Waals surface area (Å²) in [6, 6.07) is 17.0. The monoisotopic (exact) mass is 673 g/mol. The number of hydrogen-bond donors (Lipinski definition) is 2. The second-order valence-corrected chi connectivity index (χ2v) is 11.9. The van der Waals surface area contributed by atoms with E-state index in [0.29, 0.717) is 27.5 Å². The molecule has 0 aliphatic carbocycles. The van der Waals surface area contributed by atoms with Crippen LogP contribution in [0.5, 0.6) is 0 Å². The van der Waals surface area contributed by atoms with E-state index < -0.39 is 35.2 Å². The largest absolute Gasteiger partial charge is 0.461 e. The molecule has 48 heavy (non-hydrogen) atoms. The van der Waals surface area contributed by atoms with Crippen LogP contribution in [0.4, 0.5) is 19.3 Å². The lowest BCUT2D eigenvalue weighted by Gasteiger charge is -2.32. The Balaban J connectivity index is 1.33. The zero-order valence-corrected chi connectivity index (χ0v) is 27.0. The topological polar surface area (TPSA) is 143 Å². The van der Waals surface area contributed by atoms with E-state index >= 15 is 4.39 Å². The molecule has 5 rings (SSSR count). The molecule has 0 spiro atoms. The van der Waals surface area contributed by atoms with E-state index in [4.69, 9.17) is 14.7 Å².